The van der Waals surface area contributed by atoms with E-state index in [0.717, 1.165) is 6.20 Å². The quantitative estimate of drug-likeness (QED) is 0.768. The van der Waals surface area contributed by atoms with Crippen molar-refractivity contribution in [2.75, 3.05) is 11.9 Å². The van der Waals surface area contributed by atoms with Crippen LogP contribution in [0, 0.1) is 11.6 Å². The Kier molecular flexibility index (Phi) is 3.67. The molecule has 0 aliphatic carbocycles. The van der Waals surface area contributed by atoms with Gasteiger partial charge in [-0.2, -0.15) is 0 Å². The molecule has 0 aliphatic rings. The maximum atomic E-state index is 12.8. The van der Waals surface area contributed by atoms with Crippen LogP contribution in [0.5, 0.6) is 0 Å². The molecule has 78 valence electrons. The highest BCUT2D eigenvalue weighted by atomic mass is 19.3. The van der Waals surface area contributed by atoms with Gasteiger partial charge in [0.25, 0.3) is 0 Å². The van der Waals surface area contributed by atoms with Gasteiger partial charge >= 0.3 is 0 Å². The first-order valence-electron chi connectivity index (χ1n) is 3.92. The summed E-state index contributed by atoms with van der Waals surface area (Å²) in [5, 5.41) is 2.34. The summed E-state index contributed by atoms with van der Waals surface area (Å²) < 4.78 is 48.5. The molecule has 2 nitrogen and oxygen atoms in total. The molecule has 0 saturated carbocycles. The Hall–Kier alpha value is -1.33. The smallest absolute Gasteiger partial charge is 0.240 e. The first kappa shape index (κ1) is 10.7. The molecule has 0 aliphatic heterocycles. The highest BCUT2D eigenvalue weighted by Crippen LogP contribution is 2.11. The molecule has 0 fully saturated rings. The average Bonchev–Trinajstić information content (AvgIpc) is 2.08. The molecule has 1 aromatic heterocycles. The van der Waals surface area contributed by atoms with E-state index in [9.17, 15) is 17.6 Å². The van der Waals surface area contributed by atoms with Gasteiger partial charge in [0.1, 0.15) is 5.82 Å². The van der Waals surface area contributed by atoms with Crippen molar-refractivity contribution in [1.29, 1.82) is 0 Å². The third-order valence-electron chi connectivity index (χ3n) is 1.46. The molecule has 1 heterocycles. The number of pyridine rings is 1. The molecule has 0 radical (unpaired) electrons. The minimum Gasteiger partial charge on any atom is -0.367 e. The first-order valence-corrected chi connectivity index (χ1v) is 3.92. The number of nitrogens with one attached hydrogen (secondary N) is 1. The van der Waals surface area contributed by atoms with Gasteiger partial charge in [0.15, 0.2) is 11.6 Å². The summed E-state index contributed by atoms with van der Waals surface area (Å²) in [5.74, 6) is -1.91. The van der Waals surface area contributed by atoms with Crippen molar-refractivity contribution in [3.05, 3.63) is 23.9 Å². The fourth-order valence-corrected chi connectivity index (χ4v) is 0.844. The van der Waals surface area contributed by atoms with Crippen LogP contribution >= 0.6 is 0 Å². The standard InChI is InChI=1S/C8H8F4N2/c9-5-3-6(10)8(14-4-5)13-2-1-7(11)12/h3-4,7H,1-2H2,(H,13,14). The van der Waals surface area contributed by atoms with Crippen LogP contribution in [0.25, 0.3) is 0 Å². The summed E-state index contributed by atoms with van der Waals surface area (Å²) in [6, 6.07) is 0.637. The number of nitrogens with zero attached hydrogens (tertiary/aromatic N) is 1. The summed E-state index contributed by atoms with van der Waals surface area (Å²) in [5.41, 5.74) is 0. The third-order valence-corrected chi connectivity index (χ3v) is 1.46. The summed E-state index contributed by atoms with van der Waals surface area (Å²) >= 11 is 0. The van der Waals surface area contributed by atoms with E-state index in [0.29, 0.717) is 6.07 Å². The molecule has 1 rings (SSSR count). The lowest BCUT2D eigenvalue weighted by Crippen LogP contribution is -2.08. The number of rotatable bonds is 4. The van der Waals surface area contributed by atoms with Crippen molar-refractivity contribution in [3.8, 4) is 0 Å². The normalized spacial score (nSPS) is 10.6. The Balaban J connectivity index is 2.51. The topological polar surface area (TPSA) is 24.9 Å². The van der Waals surface area contributed by atoms with Crippen LogP contribution in [-0.4, -0.2) is 18.0 Å². The van der Waals surface area contributed by atoms with E-state index >= 15 is 0 Å². The maximum absolute atomic E-state index is 12.8. The lowest BCUT2D eigenvalue weighted by Gasteiger charge is -2.05. The molecule has 1 aromatic rings. The van der Waals surface area contributed by atoms with E-state index in [-0.39, 0.29) is 12.4 Å². The monoisotopic (exact) mass is 208 g/mol. The predicted octanol–water partition coefficient (Wildman–Crippen LogP) is 2.43. The summed E-state index contributed by atoms with van der Waals surface area (Å²) in [6.45, 7) is -0.104. The van der Waals surface area contributed by atoms with Crippen LogP contribution in [0.3, 0.4) is 0 Å². The zero-order valence-corrected chi connectivity index (χ0v) is 7.11. The molecule has 0 atom stereocenters. The molecule has 0 spiro atoms. The van der Waals surface area contributed by atoms with Gasteiger partial charge in [-0.3, -0.25) is 0 Å². The zero-order valence-electron chi connectivity index (χ0n) is 7.11. The molecule has 0 saturated heterocycles. The molecule has 0 bridgehead atoms. The van der Waals surface area contributed by atoms with Gasteiger partial charge in [-0.15, -0.1) is 0 Å². The molecular weight excluding hydrogens is 200 g/mol. The van der Waals surface area contributed by atoms with Crippen LogP contribution in [0.15, 0.2) is 12.3 Å². The zero-order chi connectivity index (χ0) is 10.6. The van der Waals surface area contributed by atoms with Crippen LogP contribution in [0.1, 0.15) is 6.42 Å². The van der Waals surface area contributed by atoms with Gasteiger partial charge in [-0.05, 0) is 0 Å². The predicted molar refractivity (Wildman–Crippen MR) is 43.3 cm³/mol. The summed E-state index contributed by atoms with van der Waals surface area (Å²) in [6.07, 6.45) is -2.04. The van der Waals surface area contributed by atoms with Crippen LogP contribution in [0.4, 0.5) is 23.4 Å². The molecule has 0 aromatic carbocycles. The van der Waals surface area contributed by atoms with Crippen LogP contribution in [0.2, 0.25) is 0 Å². The fourth-order valence-electron chi connectivity index (χ4n) is 0.844. The first-order chi connectivity index (χ1) is 6.59. The number of hydrogen-bond donors (Lipinski definition) is 1. The van der Waals surface area contributed by atoms with E-state index in [1.54, 1.807) is 0 Å². The van der Waals surface area contributed by atoms with Crippen molar-refractivity contribution >= 4 is 5.82 Å². The highest BCUT2D eigenvalue weighted by Gasteiger charge is 2.06. The molecule has 0 unspecified atom stereocenters. The third kappa shape index (κ3) is 3.20. The van der Waals surface area contributed by atoms with Gasteiger partial charge in [-0.1, -0.05) is 0 Å². The van der Waals surface area contributed by atoms with Gasteiger partial charge in [-0.25, -0.2) is 22.5 Å². The Morgan fingerprint density at radius 2 is 2.07 bits per heavy atom. The maximum Gasteiger partial charge on any atom is 0.240 e. The minimum absolute atomic E-state index is 0.104. The summed E-state index contributed by atoms with van der Waals surface area (Å²) in [4.78, 5) is 3.37. The van der Waals surface area contributed by atoms with Crippen molar-refractivity contribution in [2.24, 2.45) is 0 Å². The second-order valence-corrected chi connectivity index (χ2v) is 2.59. The Morgan fingerprint density at radius 3 is 2.64 bits per heavy atom. The number of aromatic nitrogens is 1. The lowest BCUT2D eigenvalue weighted by molar-refractivity contribution is 0.142. The van der Waals surface area contributed by atoms with Crippen molar-refractivity contribution in [3.63, 3.8) is 0 Å². The van der Waals surface area contributed by atoms with Crippen molar-refractivity contribution in [2.45, 2.75) is 12.8 Å². The summed E-state index contributed by atoms with van der Waals surface area (Å²) in [7, 11) is 0. The Morgan fingerprint density at radius 1 is 1.36 bits per heavy atom. The molecular formula is C8H8F4N2. The largest absolute Gasteiger partial charge is 0.367 e. The Bertz CT molecular complexity index is 303. The van der Waals surface area contributed by atoms with Crippen LogP contribution in [-0.2, 0) is 0 Å². The highest BCUT2D eigenvalue weighted by molar-refractivity contribution is 5.35. The average molecular weight is 208 g/mol. The lowest BCUT2D eigenvalue weighted by atomic mass is 10.4. The second-order valence-electron chi connectivity index (χ2n) is 2.59. The number of hydrogen-bond acceptors (Lipinski definition) is 2. The number of alkyl halides is 2. The van der Waals surface area contributed by atoms with Crippen molar-refractivity contribution < 1.29 is 17.6 Å². The fraction of sp³-hybridized carbons (Fsp3) is 0.375. The minimum atomic E-state index is -2.45. The SMILES string of the molecule is Fc1cnc(NCCC(F)F)c(F)c1. The van der Waals surface area contributed by atoms with E-state index < -0.39 is 24.5 Å². The van der Waals surface area contributed by atoms with Gasteiger partial charge in [0, 0.05) is 19.0 Å². The number of halogens is 4. The van der Waals surface area contributed by atoms with Gasteiger partial charge in [0.2, 0.25) is 6.43 Å². The van der Waals surface area contributed by atoms with E-state index in [1.807, 2.05) is 0 Å². The molecule has 1 N–H and O–H groups in total. The Labute approximate surface area is 78.0 Å². The molecule has 14 heavy (non-hydrogen) atoms. The van der Waals surface area contributed by atoms with E-state index in [4.69, 9.17) is 0 Å². The van der Waals surface area contributed by atoms with Crippen LogP contribution < -0.4 is 5.32 Å². The molecule has 6 heteroatoms. The van der Waals surface area contributed by atoms with Gasteiger partial charge < -0.3 is 5.32 Å². The molecule has 0 amide bonds. The second kappa shape index (κ2) is 4.78. The van der Waals surface area contributed by atoms with E-state index in [1.165, 1.54) is 0 Å². The van der Waals surface area contributed by atoms with Gasteiger partial charge in [0.05, 0.1) is 6.20 Å². The van der Waals surface area contributed by atoms with E-state index in [2.05, 4.69) is 10.3 Å². The van der Waals surface area contributed by atoms with Crippen molar-refractivity contribution in [1.82, 2.24) is 4.98 Å². The number of anilines is 1.